The summed E-state index contributed by atoms with van der Waals surface area (Å²) in [6.07, 6.45) is 0. The molecule has 0 aliphatic heterocycles. The van der Waals surface area contributed by atoms with Crippen LogP contribution in [0.2, 0.25) is 0 Å². The van der Waals surface area contributed by atoms with E-state index in [0.29, 0.717) is 11.3 Å². The fourth-order valence-electron chi connectivity index (χ4n) is 2.74. The van der Waals surface area contributed by atoms with Crippen molar-refractivity contribution in [2.75, 3.05) is 0 Å². The lowest BCUT2D eigenvalue weighted by Gasteiger charge is -2.10. The number of amides is 1. The summed E-state index contributed by atoms with van der Waals surface area (Å²) < 4.78 is 13.4. The third kappa shape index (κ3) is 3.67. The van der Waals surface area contributed by atoms with Crippen LogP contribution in [0.5, 0.6) is 0 Å². The van der Waals surface area contributed by atoms with Crippen LogP contribution in [-0.4, -0.2) is 16.0 Å². The fourth-order valence-corrected chi connectivity index (χ4v) is 2.74. The van der Waals surface area contributed by atoms with Gasteiger partial charge in [-0.25, -0.2) is 4.39 Å². The van der Waals surface area contributed by atoms with Gasteiger partial charge in [0.05, 0.1) is 23.4 Å². The van der Waals surface area contributed by atoms with Crippen LogP contribution in [0.15, 0.2) is 42.5 Å². The zero-order valence-corrected chi connectivity index (χ0v) is 14.1. The molecule has 3 rings (SSSR count). The van der Waals surface area contributed by atoms with Crippen molar-refractivity contribution < 1.29 is 14.3 Å². The van der Waals surface area contributed by atoms with Crippen molar-refractivity contribution in [1.82, 2.24) is 10.3 Å². The maximum Gasteiger partial charge on any atom is 0.253 e. The molecule has 0 saturated carbocycles. The van der Waals surface area contributed by atoms with E-state index < -0.39 is 5.82 Å². The number of nitrogens with zero attached hydrogens (tertiary/aromatic N) is 1. The second-order valence-electron chi connectivity index (χ2n) is 6.08. The Morgan fingerprint density at radius 1 is 1.16 bits per heavy atom. The van der Waals surface area contributed by atoms with Gasteiger partial charge in [-0.3, -0.25) is 9.78 Å². The van der Waals surface area contributed by atoms with E-state index in [1.54, 1.807) is 19.1 Å². The molecule has 1 heterocycles. The van der Waals surface area contributed by atoms with E-state index in [0.717, 1.165) is 22.0 Å². The molecule has 0 radical (unpaired) electrons. The number of benzene rings is 2. The van der Waals surface area contributed by atoms with Gasteiger partial charge in [0.1, 0.15) is 5.82 Å². The number of rotatable bonds is 4. The highest BCUT2D eigenvalue weighted by atomic mass is 19.1. The molecule has 3 aromatic rings. The lowest BCUT2D eigenvalue weighted by Crippen LogP contribution is -2.24. The zero-order chi connectivity index (χ0) is 18.0. The van der Waals surface area contributed by atoms with Crippen molar-refractivity contribution in [1.29, 1.82) is 0 Å². The molecule has 4 nitrogen and oxygen atoms in total. The quantitative estimate of drug-likeness (QED) is 0.766. The molecular weight excluding hydrogens is 319 g/mol. The first kappa shape index (κ1) is 17.0. The Hall–Kier alpha value is -2.79. The smallest absolute Gasteiger partial charge is 0.253 e. The fraction of sp³-hybridized carbons (Fsp3) is 0.200. The minimum atomic E-state index is -0.456. The molecule has 0 fully saturated rings. The van der Waals surface area contributed by atoms with Crippen molar-refractivity contribution >= 4 is 16.8 Å². The number of fused-ring (bicyclic) bond motifs is 1. The monoisotopic (exact) mass is 338 g/mol. The lowest BCUT2D eigenvalue weighted by molar-refractivity contribution is 0.0950. The Bertz CT molecular complexity index is 954. The first-order valence-corrected chi connectivity index (χ1v) is 8.02. The number of aryl methyl sites for hydroxylation is 2. The van der Waals surface area contributed by atoms with E-state index >= 15 is 0 Å². The van der Waals surface area contributed by atoms with Crippen molar-refractivity contribution in [3.8, 4) is 0 Å². The summed E-state index contributed by atoms with van der Waals surface area (Å²) in [5, 5.41) is 12.8. The first-order valence-electron chi connectivity index (χ1n) is 8.02. The highest BCUT2D eigenvalue weighted by molar-refractivity contribution is 5.98. The minimum Gasteiger partial charge on any atom is -0.392 e. The predicted octanol–water partition coefficient (Wildman–Crippen LogP) is 3.41. The van der Waals surface area contributed by atoms with Gasteiger partial charge in [0.2, 0.25) is 0 Å². The van der Waals surface area contributed by atoms with Crippen molar-refractivity contribution in [3.63, 3.8) is 0 Å². The summed E-state index contributed by atoms with van der Waals surface area (Å²) in [5.41, 5.74) is 4.09. The van der Waals surface area contributed by atoms with Gasteiger partial charge in [0.25, 0.3) is 5.91 Å². The van der Waals surface area contributed by atoms with Gasteiger partial charge >= 0.3 is 0 Å². The molecule has 2 aromatic carbocycles. The van der Waals surface area contributed by atoms with E-state index in [1.807, 2.05) is 31.2 Å². The number of aliphatic hydroxyl groups excluding tert-OH is 1. The molecule has 0 unspecified atom stereocenters. The minimum absolute atomic E-state index is 0.214. The van der Waals surface area contributed by atoms with E-state index in [2.05, 4.69) is 10.3 Å². The number of aliphatic hydroxyl groups is 1. The second kappa shape index (κ2) is 6.99. The van der Waals surface area contributed by atoms with Gasteiger partial charge in [0.15, 0.2) is 0 Å². The molecule has 0 bridgehead atoms. The molecular formula is C20H19FN2O2. The van der Waals surface area contributed by atoms with E-state index in [1.165, 1.54) is 6.07 Å². The van der Waals surface area contributed by atoms with Gasteiger partial charge in [0, 0.05) is 17.5 Å². The topological polar surface area (TPSA) is 62.2 Å². The largest absolute Gasteiger partial charge is 0.392 e. The van der Waals surface area contributed by atoms with Crippen molar-refractivity contribution in [2.24, 2.45) is 0 Å². The Labute approximate surface area is 145 Å². The van der Waals surface area contributed by atoms with Crippen LogP contribution < -0.4 is 5.32 Å². The van der Waals surface area contributed by atoms with Crippen LogP contribution in [-0.2, 0) is 13.2 Å². The average Bonchev–Trinajstić information content (AvgIpc) is 2.60. The van der Waals surface area contributed by atoms with Gasteiger partial charge in [-0.05, 0) is 49.2 Å². The Kier molecular flexibility index (Phi) is 4.76. The number of nitrogens with one attached hydrogen (secondary N) is 1. The van der Waals surface area contributed by atoms with Gasteiger partial charge in [-0.2, -0.15) is 0 Å². The van der Waals surface area contributed by atoms with E-state index in [9.17, 15) is 9.18 Å². The molecule has 128 valence electrons. The van der Waals surface area contributed by atoms with Gasteiger partial charge in [-0.15, -0.1) is 0 Å². The first-order chi connectivity index (χ1) is 12.0. The van der Waals surface area contributed by atoms with Crippen LogP contribution >= 0.6 is 0 Å². The van der Waals surface area contributed by atoms with Crippen LogP contribution in [0.3, 0.4) is 0 Å². The third-order valence-corrected chi connectivity index (χ3v) is 4.14. The maximum atomic E-state index is 13.4. The highest BCUT2D eigenvalue weighted by Gasteiger charge is 2.12. The van der Waals surface area contributed by atoms with Gasteiger partial charge < -0.3 is 10.4 Å². The molecule has 1 aromatic heterocycles. The number of aromatic nitrogens is 1. The van der Waals surface area contributed by atoms with E-state index in [-0.39, 0.29) is 24.6 Å². The van der Waals surface area contributed by atoms with Crippen LogP contribution in [0, 0.1) is 19.7 Å². The average molecular weight is 338 g/mol. The van der Waals surface area contributed by atoms with Crippen LogP contribution in [0.4, 0.5) is 4.39 Å². The van der Waals surface area contributed by atoms with Crippen molar-refractivity contribution in [3.05, 3.63) is 76.2 Å². The molecule has 25 heavy (non-hydrogen) atoms. The normalized spacial score (nSPS) is 10.9. The predicted molar refractivity (Wildman–Crippen MR) is 94.7 cm³/mol. The lowest BCUT2D eigenvalue weighted by atomic mass is 10.1. The highest BCUT2D eigenvalue weighted by Crippen LogP contribution is 2.18. The van der Waals surface area contributed by atoms with Crippen molar-refractivity contribution in [2.45, 2.75) is 27.0 Å². The number of hydrogen-bond donors (Lipinski definition) is 2. The molecule has 0 aliphatic rings. The third-order valence-electron chi connectivity index (χ3n) is 4.14. The Morgan fingerprint density at radius 3 is 2.72 bits per heavy atom. The number of carbonyl (C=O) groups excluding carboxylic acids is 1. The zero-order valence-electron chi connectivity index (χ0n) is 14.1. The summed E-state index contributed by atoms with van der Waals surface area (Å²) in [5.74, 6) is -0.690. The second-order valence-corrected chi connectivity index (χ2v) is 6.08. The van der Waals surface area contributed by atoms with Gasteiger partial charge in [-0.1, -0.05) is 18.2 Å². The molecule has 0 spiro atoms. The molecule has 5 heteroatoms. The Morgan fingerprint density at radius 2 is 1.96 bits per heavy atom. The summed E-state index contributed by atoms with van der Waals surface area (Å²) in [6, 6.07) is 12.2. The SMILES string of the molecule is Cc1ccc2cc(C(=O)NCc3ccc(F)c(CO)c3)c(C)nc2c1. The maximum absolute atomic E-state index is 13.4. The standard InChI is InChI=1S/C20H19FN2O2/c1-12-3-5-15-9-17(13(2)23-19(15)7-12)20(25)22-10-14-4-6-18(21)16(8-14)11-24/h3-9,24H,10-11H2,1-2H3,(H,22,25). The Balaban J connectivity index is 1.80. The van der Waals surface area contributed by atoms with Crippen LogP contribution in [0.25, 0.3) is 10.9 Å². The number of pyridine rings is 1. The molecule has 0 saturated heterocycles. The summed E-state index contributed by atoms with van der Waals surface area (Å²) in [7, 11) is 0. The number of halogens is 1. The summed E-state index contributed by atoms with van der Waals surface area (Å²) in [4.78, 5) is 17.0. The van der Waals surface area contributed by atoms with Crippen LogP contribution in [0.1, 0.15) is 32.7 Å². The number of hydrogen-bond acceptors (Lipinski definition) is 3. The molecule has 0 aliphatic carbocycles. The summed E-state index contributed by atoms with van der Waals surface area (Å²) >= 11 is 0. The molecule has 0 atom stereocenters. The molecule has 2 N–H and O–H groups in total. The molecule has 1 amide bonds. The summed E-state index contributed by atoms with van der Waals surface area (Å²) in [6.45, 7) is 3.68. The number of carbonyl (C=O) groups is 1. The van der Waals surface area contributed by atoms with E-state index in [4.69, 9.17) is 5.11 Å².